The molecule has 6 atom stereocenters. The Balaban J connectivity index is 1.68. The molecule has 4 rings (SSSR count). The van der Waals surface area contributed by atoms with Crippen LogP contribution in [0.1, 0.15) is 27.0 Å². The standard InChI is InChI=1S/C26H30F2N3O10P/c1-14(2)39-23(35)15(3)30-42(37,41-18-10-6-8-16-7-4-5-9-17(16)18)38-13-26(24(27)28)21(34)20(33)22(40-26)31-12-11-19(32)29-25(31)36/h4-12,14-15,20-22,24,33-34H,13H2,1-3H3,(H,30,37)(H,29,32,36)/t15-,20+,21-,22+,26+,42?/m0/s1. The predicted octanol–water partition coefficient (Wildman–Crippen LogP) is 2.08. The lowest BCUT2D eigenvalue weighted by molar-refractivity contribution is -0.192. The van der Waals surface area contributed by atoms with Gasteiger partial charge in [-0.3, -0.25) is 23.7 Å². The molecule has 0 bridgehead atoms. The molecule has 0 radical (unpaired) electrons. The summed E-state index contributed by atoms with van der Waals surface area (Å²) in [4.78, 5) is 38.1. The lowest BCUT2D eigenvalue weighted by Crippen LogP contribution is -2.53. The molecular formula is C26H30F2N3O10P. The number of ether oxygens (including phenoxy) is 2. The number of H-pyrrole nitrogens is 1. The van der Waals surface area contributed by atoms with Crippen LogP contribution in [0.15, 0.2) is 64.3 Å². The number of fused-ring (bicyclic) bond motifs is 1. The Labute approximate surface area is 237 Å². The van der Waals surface area contributed by atoms with E-state index in [4.69, 9.17) is 18.5 Å². The van der Waals surface area contributed by atoms with Crippen molar-refractivity contribution in [1.82, 2.24) is 14.6 Å². The van der Waals surface area contributed by atoms with E-state index in [1.807, 2.05) is 4.98 Å². The van der Waals surface area contributed by atoms with Gasteiger partial charge >= 0.3 is 19.4 Å². The first-order valence-corrected chi connectivity index (χ1v) is 14.3. The van der Waals surface area contributed by atoms with E-state index in [2.05, 4.69) is 5.09 Å². The Kier molecular flexibility index (Phi) is 9.30. The average molecular weight is 614 g/mol. The molecule has 228 valence electrons. The summed E-state index contributed by atoms with van der Waals surface area (Å²) in [7, 11) is -4.76. The van der Waals surface area contributed by atoms with Crippen molar-refractivity contribution >= 4 is 24.5 Å². The Morgan fingerprint density at radius 3 is 2.50 bits per heavy atom. The zero-order chi connectivity index (χ0) is 30.8. The minimum atomic E-state index is -4.76. The molecule has 1 unspecified atom stereocenters. The zero-order valence-corrected chi connectivity index (χ0v) is 23.6. The first-order valence-electron chi connectivity index (χ1n) is 12.8. The fraction of sp³-hybridized carbons (Fsp3) is 0.423. The van der Waals surface area contributed by atoms with E-state index >= 15 is 0 Å². The van der Waals surface area contributed by atoms with E-state index in [9.17, 15) is 37.9 Å². The summed E-state index contributed by atoms with van der Waals surface area (Å²) in [5, 5.41) is 24.8. The van der Waals surface area contributed by atoms with Crippen molar-refractivity contribution in [3.8, 4) is 5.75 Å². The van der Waals surface area contributed by atoms with Crippen LogP contribution in [0.5, 0.6) is 5.75 Å². The molecule has 1 saturated heterocycles. The van der Waals surface area contributed by atoms with Gasteiger partial charge in [-0.2, -0.15) is 5.09 Å². The van der Waals surface area contributed by atoms with Crippen molar-refractivity contribution in [1.29, 1.82) is 0 Å². The van der Waals surface area contributed by atoms with Crippen molar-refractivity contribution in [2.45, 2.75) is 63.4 Å². The van der Waals surface area contributed by atoms with Gasteiger partial charge in [0, 0.05) is 17.6 Å². The summed E-state index contributed by atoms with van der Waals surface area (Å²) in [5.74, 6) is -0.825. The van der Waals surface area contributed by atoms with Crippen LogP contribution in [0.2, 0.25) is 0 Å². The predicted molar refractivity (Wildman–Crippen MR) is 144 cm³/mol. The summed E-state index contributed by atoms with van der Waals surface area (Å²) < 4.78 is 65.4. The van der Waals surface area contributed by atoms with Gasteiger partial charge in [-0.25, -0.2) is 18.1 Å². The fourth-order valence-electron chi connectivity index (χ4n) is 4.33. The number of hydrogen-bond donors (Lipinski definition) is 4. The Morgan fingerprint density at radius 2 is 1.83 bits per heavy atom. The molecule has 1 aromatic heterocycles. The molecule has 1 aliphatic heterocycles. The lowest BCUT2D eigenvalue weighted by atomic mass is 9.96. The average Bonchev–Trinajstić information content (AvgIpc) is 3.18. The second-order valence-electron chi connectivity index (χ2n) is 9.89. The van der Waals surface area contributed by atoms with Gasteiger partial charge in [0.05, 0.1) is 12.7 Å². The number of nitrogens with one attached hydrogen (secondary N) is 2. The summed E-state index contributed by atoms with van der Waals surface area (Å²) in [6.45, 7) is 3.14. The number of aliphatic hydroxyl groups excluding tert-OH is 2. The lowest BCUT2D eigenvalue weighted by Gasteiger charge is -2.32. The quantitative estimate of drug-likeness (QED) is 0.184. The molecule has 1 aliphatic rings. The van der Waals surface area contributed by atoms with Crippen molar-refractivity contribution < 1.29 is 46.9 Å². The highest BCUT2D eigenvalue weighted by atomic mass is 31.2. The molecule has 2 aromatic carbocycles. The van der Waals surface area contributed by atoms with Gasteiger partial charge in [-0.1, -0.05) is 36.4 Å². The highest BCUT2D eigenvalue weighted by Gasteiger charge is 2.61. The molecule has 13 nitrogen and oxygen atoms in total. The van der Waals surface area contributed by atoms with E-state index in [0.29, 0.717) is 15.3 Å². The number of halogens is 2. The van der Waals surface area contributed by atoms with Crippen LogP contribution in [-0.2, 0) is 23.4 Å². The highest BCUT2D eigenvalue weighted by Crippen LogP contribution is 2.50. The molecule has 16 heteroatoms. The summed E-state index contributed by atoms with van der Waals surface area (Å²) in [6, 6.07) is 11.2. The SMILES string of the molecule is CC(C)OC(=O)[C@H](C)NP(=O)(OC[C@@]1(C(F)F)O[C@@H](n2ccc(=O)[nH]c2=O)[C@H](O)[C@@H]1O)Oc1cccc2ccccc12. The highest BCUT2D eigenvalue weighted by molar-refractivity contribution is 7.52. The molecule has 2 heterocycles. The van der Waals surface area contributed by atoms with Crippen LogP contribution in [0.3, 0.4) is 0 Å². The van der Waals surface area contributed by atoms with Crippen LogP contribution in [-0.4, -0.2) is 68.7 Å². The number of carbonyl (C=O) groups excluding carboxylic acids is 1. The van der Waals surface area contributed by atoms with E-state index < -0.39 is 74.2 Å². The first kappa shape index (κ1) is 31.5. The molecule has 0 aliphatic carbocycles. The topological polar surface area (TPSA) is 178 Å². The van der Waals surface area contributed by atoms with Crippen molar-refractivity contribution in [2.75, 3.05) is 6.61 Å². The normalized spacial score (nSPS) is 24.5. The molecule has 42 heavy (non-hydrogen) atoms. The third-order valence-electron chi connectivity index (χ3n) is 6.44. The molecule has 4 N–H and O–H groups in total. The van der Waals surface area contributed by atoms with Crippen LogP contribution in [0.4, 0.5) is 8.78 Å². The number of nitrogens with zero attached hydrogens (tertiary/aromatic N) is 1. The molecule has 0 saturated carbocycles. The van der Waals surface area contributed by atoms with Crippen molar-refractivity contribution in [3.63, 3.8) is 0 Å². The second-order valence-corrected chi connectivity index (χ2v) is 11.6. The molecular weight excluding hydrogens is 583 g/mol. The van der Waals surface area contributed by atoms with Gasteiger partial charge in [-0.15, -0.1) is 0 Å². The number of benzene rings is 2. The Morgan fingerprint density at radius 1 is 1.14 bits per heavy atom. The zero-order valence-electron chi connectivity index (χ0n) is 22.7. The summed E-state index contributed by atoms with van der Waals surface area (Å²) in [5.41, 5.74) is -4.93. The molecule has 0 spiro atoms. The maximum absolute atomic E-state index is 14.6. The smallest absolute Gasteiger partial charge is 0.459 e. The molecule has 1 fully saturated rings. The maximum atomic E-state index is 14.6. The van der Waals surface area contributed by atoms with Crippen LogP contribution < -0.4 is 20.9 Å². The van der Waals surface area contributed by atoms with E-state index in [-0.39, 0.29) is 5.75 Å². The largest absolute Gasteiger partial charge is 0.462 e. The van der Waals surface area contributed by atoms with E-state index in [1.165, 1.54) is 13.0 Å². The maximum Gasteiger partial charge on any atom is 0.459 e. The van der Waals surface area contributed by atoms with Gasteiger partial charge in [0.1, 0.15) is 24.0 Å². The Bertz CT molecular complexity index is 1590. The van der Waals surface area contributed by atoms with Crippen LogP contribution in [0, 0.1) is 0 Å². The van der Waals surface area contributed by atoms with Crippen LogP contribution in [0.25, 0.3) is 10.8 Å². The number of hydrogen-bond acceptors (Lipinski definition) is 10. The number of rotatable bonds is 11. The van der Waals surface area contributed by atoms with Crippen LogP contribution >= 0.6 is 7.75 Å². The van der Waals surface area contributed by atoms with Gasteiger partial charge in [0.25, 0.3) is 12.0 Å². The number of aromatic nitrogens is 2. The minimum absolute atomic E-state index is 0.0186. The Hall–Kier alpha value is -3.46. The van der Waals surface area contributed by atoms with Gasteiger partial charge in [-0.05, 0) is 32.2 Å². The minimum Gasteiger partial charge on any atom is -0.462 e. The summed E-state index contributed by atoms with van der Waals surface area (Å²) in [6.07, 6.45) is -9.54. The molecule has 3 aromatic rings. The summed E-state index contributed by atoms with van der Waals surface area (Å²) >= 11 is 0. The number of carbonyl (C=O) groups is 1. The van der Waals surface area contributed by atoms with E-state index in [1.54, 1.807) is 50.2 Å². The number of aromatic amines is 1. The van der Waals surface area contributed by atoms with Crippen molar-refractivity contribution in [2.24, 2.45) is 0 Å². The number of alkyl halides is 2. The van der Waals surface area contributed by atoms with Gasteiger partial charge in [0.2, 0.25) is 0 Å². The molecule has 0 amide bonds. The first-order chi connectivity index (χ1) is 19.8. The third-order valence-corrected chi connectivity index (χ3v) is 8.05. The third kappa shape index (κ3) is 6.46. The van der Waals surface area contributed by atoms with Crippen molar-refractivity contribution in [3.05, 3.63) is 75.6 Å². The number of aliphatic hydroxyl groups is 2. The van der Waals surface area contributed by atoms with Gasteiger partial charge < -0.3 is 24.2 Å². The number of esters is 1. The fourth-order valence-corrected chi connectivity index (χ4v) is 5.88. The monoisotopic (exact) mass is 613 g/mol. The van der Waals surface area contributed by atoms with Gasteiger partial charge in [0.15, 0.2) is 11.8 Å². The van der Waals surface area contributed by atoms with E-state index in [0.717, 1.165) is 12.3 Å². The second kappa shape index (κ2) is 12.4.